The lowest BCUT2D eigenvalue weighted by Gasteiger charge is -2.14. The molecule has 2 aromatic carbocycles. The standard InChI is InChI=1S/C19H18N6/c1-14(16-10-6-3-7-11-16)22-18-17-19(21-13-20-18)25(24-23-17)12-15-8-4-2-5-9-15/h2-11,13-14H,12H2,1H3,(H,20,21,22). The van der Waals surface area contributed by atoms with Crippen LogP contribution in [0, 0.1) is 0 Å². The summed E-state index contributed by atoms with van der Waals surface area (Å²) in [5.74, 6) is 0.695. The molecule has 0 aliphatic carbocycles. The van der Waals surface area contributed by atoms with Crippen LogP contribution in [0.5, 0.6) is 0 Å². The lowest BCUT2D eigenvalue weighted by Crippen LogP contribution is -2.09. The molecule has 1 N–H and O–H groups in total. The average Bonchev–Trinajstić information content (AvgIpc) is 3.07. The number of aromatic nitrogens is 5. The normalized spacial score (nSPS) is 12.2. The van der Waals surface area contributed by atoms with Crippen molar-refractivity contribution in [1.29, 1.82) is 0 Å². The van der Waals surface area contributed by atoms with Crippen LogP contribution >= 0.6 is 0 Å². The fourth-order valence-corrected chi connectivity index (χ4v) is 2.79. The Hall–Kier alpha value is -3.28. The zero-order valence-electron chi connectivity index (χ0n) is 13.9. The Kier molecular flexibility index (Phi) is 4.08. The minimum absolute atomic E-state index is 0.110. The Morgan fingerprint density at radius 2 is 1.68 bits per heavy atom. The number of hydrogen-bond donors (Lipinski definition) is 1. The van der Waals surface area contributed by atoms with Crippen molar-refractivity contribution in [2.75, 3.05) is 5.32 Å². The van der Waals surface area contributed by atoms with Crippen LogP contribution in [0.4, 0.5) is 5.82 Å². The van der Waals surface area contributed by atoms with Crippen LogP contribution in [0.1, 0.15) is 24.1 Å². The maximum Gasteiger partial charge on any atom is 0.184 e. The Labute approximate surface area is 145 Å². The Bertz CT molecular complexity index is 965. The van der Waals surface area contributed by atoms with Gasteiger partial charge in [0.25, 0.3) is 0 Å². The monoisotopic (exact) mass is 330 g/mol. The second-order valence-corrected chi connectivity index (χ2v) is 5.90. The van der Waals surface area contributed by atoms with E-state index < -0.39 is 0 Å². The van der Waals surface area contributed by atoms with Gasteiger partial charge in [-0.1, -0.05) is 65.9 Å². The van der Waals surface area contributed by atoms with Gasteiger partial charge in [-0.3, -0.25) is 0 Å². The van der Waals surface area contributed by atoms with Crippen molar-refractivity contribution >= 4 is 17.0 Å². The van der Waals surface area contributed by atoms with Gasteiger partial charge in [-0.25, -0.2) is 14.6 Å². The van der Waals surface area contributed by atoms with Crippen molar-refractivity contribution < 1.29 is 0 Å². The molecule has 1 unspecified atom stereocenters. The fourth-order valence-electron chi connectivity index (χ4n) is 2.79. The van der Waals surface area contributed by atoms with E-state index in [9.17, 15) is 0 Å². The molecule has 1 atom stereocenters. The van der Waals surface area contributed by atoms with Gasteiger partial charge < -0.3 is 5.32 Å². The summed E-state index contributed by atoms with van der Waals surface area (Å²) in [5, 5.41) is 12.0. The molecule has 0 aliphatic heterocycles. The average molecular weight is 330 g/mol. The molecule has 0 saturated carbocycles. The smallest absolute Gasteiger partial charge is 0.184 e. The molecular formula is C19H18N6. The molecule has 0 aliphatic rings. The van der Waals surface area contributed by atoms with Gasteiger partial charge in [0.05, 0.1) is 12.6 Å². The second-order valence-electron chi connectivity index (χ2n) is 5.90. The van der Waals surface area contributed by atoms with Gasteiger partial charge in [0.1, 0.15) is 6.33 Å². The van der Waals surface area contributed by atoms with Crippen molar-refractivity contribution in [3.63, 3.8) is 0 Å². The molecule has 2 aromatic heterocycles. The summed E-state index contributed by atoms with van der Waals surface area (Å²) in [6.45, 7) is 2.72. The van der Waals surface area contributed by atoms with Crippen molar-refractivity contribution in [2.24, 2.45) is 0 Å². The number of nitrogens with zero attached hydrogens (tertiary/aromatic N) is 5. The van der Waals surface area contributed by atoms with Gasteiger partial charge in [0, 0.05) is 0 Å². The van der Waals surface area contributed by atoms with Crippen LogP contribution in [-0.4, -0.2) is 25.0 Å². The number of rotatable bonds is 5. The Morgan fingerprint density at radius 1 is 0.960 bits per heavy atom. The first-order chi connectivity index (χ1) is 12.3. The summed E-state index contributed by atoms with van der Waals surface area (Å²) in [6, 6.07) is 20.5. The highest BCUT2D eigenvalue weighted by molar-refractivity contribution is 5.82. The van der Waals surface area contributed by atoms with Gasteiger partial charge >= 0.3 is 0 Å². The van der Waals surface area contributed by atoms with E-state index in [1.807, 2.05) is 36.4 Å². The van der Waals surface area contributed by atoms with E-state index in [-0.39, 0.29) is 6.04 Å². The SMILES string of the molecule is CC(Nc1ncnc2c1nnn2Cc1ccccc1)c1ccccc1. The highest BCUT2D eigenvalue weighted by Crippen LogP contribution is 2.22. The summed E-state index contributed by atoms with van der Waals surface area (Å²) < 4.78 is 1.80. The van der Waals surface area contributed by atoms with E-state index in [0.717, 1.165) is 11.2 Å². The van der Waals surface area contributed by atoms with Gasteiger partial charge in [0.2, 0.25) is 0 Å². The molecule has 4 rings (SSSR count). The Balaban J connectivity index is 1.63. The highest BCUT2D eigenvalue weighted by atomic mass is 15.4. The molecule has 0 amide bonds. The van der Waals surface area contributed by atoms with Gasteiger partial charge in [-0.2, -0.15) is 0 Å². The highest BCUT2D eigenvalue weighted by Gasteiger charge is 2.14. The predicted molar refractivity (Wildman–Crippen MR) is 97.1 cm³/mol. The summed E-state index contributed by atoms with van der Waals surface area (Å²) >= 11 is 0. The molecule has 0 fully saturated rings. The quantitative estimate of drug-likeness (QED) is 0.607. The van der Waals surface area contributed by atoms with Crippen molar-refractivity contribution in [1.82, 2.24) is 25.0 Å². The van der Waals surface area contributed by atoms with Crippen LogP contribution in [0.3, 0.4) is 0 Å². The third kappa shape index (κ3) is 3.19. The minimum Gasteiger partial charge on any atom is -0.362 e. The molecule has 2 heterocycles. The number of fused-ring (bicyclic) bond motifs is 1. The molecule has 0 radical (unpaired) electrons. The van der Waals surface area contributed by atoms with Crippen LogP contribution in [0.25, 0.3) is 11.2 Å². The molecule has 25 heavy (non-hydrogen) atoms. The van der Waals surface area contributed by atoms with E-state index in [0.29, 0.717) is 17.9 Å². The van der Waals surface area contributed by atoms with Gasteiger partial charge in [0.15, 0.2) is 17.0 Å². The lowest BCUT2D eigenvalue weighted by molar-refractivity contribution is 0.664. The summed E-state index contributed by atoms with van der Waals surface area (Å²) in [5.41, 5.74) is 3.74. The molecule has 6 heteroatoms. The first kappa shape index (κ1) is 15.3. The molecular weight excluding hydrogens is 312 g/mol. The van der Waals surface area contributed by atoms with Crippen LogP contribution in [-0.2, 0) is 6.54 Å². The number of hydrogen-bond acceptors (Lipinski definition) is 5. The molecule has 124 valence electrons. The van der Waals surface area contributed by atoms with E-state index >= 15 is 0 Å². The molecule has 0 saturated heterocycles. The van der Waals surface area contributed by atoms with E-state index in [1.54, 1.807) is 11.0 Å². The zero-order valence-corrected chi connectivity index (χ0v) is 13.9. The number of benzene rings is 2. The molecule has 0 spiro atoms. The van der Waals surface area contributed by atoms with Gasteiger partial charge in [-0.15, -0.1) is 5.10 Å². The van der Waals surface area contributed by atoms with E-state index in [4.69, 9.17) is 0 Å². The van der Waals surface area contributed by atoms with Crippen LogP contribution in [0.2, 0.25) is 0 Å². The zero-order chi connectivity index (χ0) is 17.1. The summed E-state index contributed by atoms with van der Waals surface area (Å²) in [4.78, 5) is 8.72. The molecule has 0 bridgehead atoms. The van der Waals surface area contributed by atoms with Gasteiger partial charge in [-0.05, 0) is 18.1 Å². The minimum atomic E-state index is 0.110. The van der Waals surface area contributed by atoms with E-state index in [2.05, 4.69) is 56.8 Å². The summed E-state index contributed by atoms with van der Waals surface area (Å²) in [7, 11) is 0. The fraction of sp³-hybridized carbons (Fsp3) is 0.158. The molecule has 4 aromatic rings. The largest absolute Gasteiger partial charge is 0.362 e. The first-order valence-corrected chi connectivity index (χ1v) is 8.21. The third-order valence-electron chi connectivity index (χ3n) is 4.13. The topological polar surface area (TPSA) is 68.5 Å². The number of anilines is 1. The Morgan fingerprint density at radius 3 is 2.44 bits per heavy atom. The van der Waals surface area contributed by atoms with E-state index in [1.165, 1.54) is 5.56 Å². The van der Waals surface area contributed by atoms with Crippen molar-refractivity contribution in [3.8, 4) is 0 Å². The third-order valence-corrected chi connectivity index (χ3v) is 4.13. The summed E-state index contributed by atoms with van der Waals surface area (Å²) in [6.07, 6.45) is 1.55. The molecule has 6 nitrogen and oxygen atoms in total. The predicted octanol–water partition coefficient (Wildman–Crippen LogP) is 3.44. The maximum atomic E-state index is 4.36. The number of nitrogens with one attached hydrogen (secondary N) is 1. The second kappa shape index (κ2) is 6.68. The van der Waals surface area contributed by atoms with Crippen molar-refractivity contribution in [3.05, 3.63) is 78.1 Å². The lowest BCUT2D eigenvalue weighted by atomic mass is 10.1. The first-order valence-electron chi connectivity index (χ1n) is 8.21. The maximum absolute atomic E-state index is 4.36. The van der Waals surface area contributed by atoms with Crippen LogP contribution < -0.4 is 5.32 Å². The van der Waals surface area contributed by atoms with Crippen LogP contribution in [0.15, 0.2) is 67.0 Å². The van der Waals surface area contributed by atoms with Crippen molar-refractivity contribution in [2.45, 2.75) is 19.5 Å².